The number of hydrogen-bond donors (Lipinski definition) is 0. The summed E-state index contributed by atoms with van der Waals surface area (Å²) in [7, 11) is -2.32. The van der Waals surface area contributed by atoms with Gasteiger partial charge in [-0.15, -0.1) is 11.3 Å². The van der Waals surface area contributed by atoms with Crippen LogP contribution in [0.4, 0.5) is 0 Å². The zero-order valence-electron chi connectivity index (χ0n) is 14.4. The number of carbonyl (C=O) groups is 1. The van der Waals surface area contributed by atoms with Gasteiger partial charge in [0.15, 0.2) is 0 Å². The summed E-state index contributed by atoms with van der Waals surface area (Å²) >= 11 is 1.14. The lowest BCUT2D eigenvalue weighted by atomic mass is 10.1. The fourth-order valence-corrected chi connectivity index (χ4v) is 5.99. The molecule has 2 aromatic rings. The SMILES string of the molecule is COC(=O)c1cc(S(=O)(=O)N2CCC(n3cc(C)cn3)CC2)c(C)s1. The van der Waals surface area contributed by atoms with Gasteiger partial charge in [-0.3, -0.25) is 4.68 Å². The molecule has 0 saturated carbocycles. The second kappa shape index (κ2) is 6.89. The van der Waals surface area contributed by atoms with Crippen molar-refractivity contribution in [1.82, 2.24) is 14.1 Å². The van der Waals surface area contributed by atoms with Crippen molar-refractivity contribution in [2.45, 2.75) is 37.6 Å². The number of rotatable bonds is 4. The fourth-order valence-electron chi connectivity index (χ4n) is 3.04. The molecule has 0 amide bonds. The first kappa shape index (κ1) is 18.1. The second-order valence-corrected chi connectivity index (χ2v) is 9.32. The molecule has 0 aliphatic carbocycles. The van der Waals surface area contributed by atoms with E-state index in [0.29, 0.717) is 35.7 Å². The van der Waals surface area contributed by atoms with Crippen LogP contribution in [-0.4, -0.2) is 48.7 Å². The van der Waals surface area contributed by atoms with Gasteiger partial charge >= 0.3 is 5.97 Å². The molecule has 2 aromatic heterocycles. The summed E-state index contributed by atoms with van der Waals surface area (Å²) in [5.74, 6) is -0.512. The van der Waals surface area contributed by atoms with Crippen LogP contribution in [0.5, 0.6) is 0 Å². The molecule has 0 aromatic carbocycles. The van der Waals surface area contributed by atoms with Crippen molar-refractivity contribution in [1.29, 1.82) is 0 Å². The number of ether oxygens (including phenoxy) is 1. The number of carbonyl (C=O) groups excluding carboxylic acids is 1. The average Bonchev–Trinajstić information content (AvgIpc) is 3.20. The van der Waals surface area contributed by atoms with Crippen LogP contribution >= 0.6 is 11.3 Å². The predicted molar refractivity (Wildman–Crippen MR) is 94.4 cm³/mol. The summed E-state index contributed by atoms with van der Waals surface area (Å²) < 4.78 is 34.0. The Morgan fingerprint density at radius 3 is 2.56 bits per heavy atom. The first-order valence-electron chi connectivity index (χ1n) is 8.02. The van der Waals surface area contributed by atoms with E-state index >= 15 is 0 Å². The fraction of sp³-hybridized carbons (Fsp3) is 0.500. The van der Waals surface area contributed by atoms with Crippen LogP contribution in [0.1, 0.15) is 39.0 Å². The number of nitrogens with zero attached hydrogens (tertiary/aromatic N) is 3. The molecule has 136 valence electrons. The number of piperidine rings is 1. The minimum atomic E-state index is -3.61. The lowest BCUT2D eigenvalue weighted by Gasteiger charge is -2.31. The number of esters is 1. The Kier molecular flexibility index (Phi) is 4.99. The van der Waals surface area contributed by atoms with Crippen LogP contribution in [-0.2, 0) is 14.8 Å². The Labute approximate surface area is 151 Å². The number of sulfonamides is 1. The van der Waals surface area contributed by atoms with Crippen LogP contribution in [0.3, 0.4) is 0 Å². The highest BCUT2D eigenvalue weighted by atomic mass is 32.2. The zero-order valence-corrected chi connectivity index (χ0v) is 16.1. The number of thiophene rings is 1. The minimum absolute atomic E-state index is 0.200. The van der Waals surface area contributed by atoms with E-state index in [1.165, 1.54) is 17.5 Å². The molecule has 1 fully saturated rings. The van der Waals surface area contributed by atoms with Crippen LogP contribution in [0.2, 0.25) is 0 Å². The topological polar surface area (TPSA) is 81.5 Å². The van der Waals surface area contributed by atoms with Crippen molar-refractivity contribution in [3.8, 4) is 0 Å². The first-order valence-corrected chi connectivity index (χ1v) is 10.3. The molecule has 1 saturated heterocycles. The van der Waals surface area contributed by atoms with E-state index in [2.05, 4.69) is 9.84 Å². The van der Waals surface area contributed by atoms with Crippen molar-refractivity contribution in [3.63, 3.8) is 0 Å². The van der Waals surface area contributed by atoms with Crippen molar-refractivity contribution in [2.24, 2.45) is 0 Å². The number of methoxy groups -OCH3 is 1. The largest absolute Gasteiger partial charge is 0.465 e. The van der Waals surface area contributed by atoms with Gasteiger partial charge in [-0.25, -0.2) is 13.2 Å². The third-order valence-electron chi connectivity index (χ3n) is 4.40. The normalized spacial score (nSPS) is 16.9. The van der Waals surface area contributed by atoms with Crippen molar-refractivity contribution < 1.29 is 17.9 Å². The molecule has 0 spiro atoms. The highest BCUT2D eigenvalue weighted by Crippen LogP contribution is 2.32. The predicted octanol–water partition coefficient (Wildman–Crippen LogP) is 2.37. The highest BCUT2D eigenvalue weighted by Gasteiger charge is 2.32. The molecule has 3 rings (SSSR count). The van der Waals surface area contributed by atoms with Crippen LogP contribution in [0.25, 0.3) is 0 Å². The van der Waals surface area contributed by atoms with E-state index in [-0.39, 0.29) is 10.9 Å². The molecule has 0 radical (unpaired) electrons. The molecule has 1 aliphatic heterocycles. The van der Waals surface area contributed by atoms with E-state index in [4.69, 9.17) is 0 Å². The average molecular weight is 383 g/mol. The third-order valence-corrected chi connectivity index (χ3v) is 7.59. The maximum Gasteiger partial charge on any atom is 0.348 e. The molecular weight excluding hydrogens is 362 g/mol. The molecule has 7 nitrogen and oxygen atoms in total. The van der Waals surface area contributed by atoms with Gasteiger partial charge in [-0.1, -0.05) is 0 Å². The quantitative estimate of drug-likeness (QED) is 0.757. The smallest absolute Gasteiger partial charge is 0.348 e. The van der Waals surface area contributed by atoms with Crippen LogP contribution < -0.4 is 0 Å². The Hall–Kier alpha value is -1.71. The van der Waals surface area contributed by atoms with Gasteiger partial charge in [0.05, 0.1) is 24.2 Å². The summed E-state index contributed by atoms with van der Waals surface area (Å²) in [4.78, 5) is 12.8. The minimum Gasteiger partial charge on any atom is -0.465 e. The molecule has 0 bridgehead atoms. The molecule has 0 N–H and O–H groups in total. The Morgan fingerprint density at radius 1 is 1.32 bits per heavy atom. The molecule has 3 heterocycles. The standard InChI is InChI=1S/C16H21N3O4S2/c1-11-9-17-19(10-11)13-4-6-18(7-5-13)25(21,22)15-8-14(16(20)23-3)24-12(15)2/h8-10,13H,4-7H2,1-3H3. The molecule has 0 atom stereocenters. The second-order valence-electron chi connectivity index (χ2n) is 6.16. The lowest BCUT2D eigenvalue weighted by Crippen LogP contribution is -2.39. The van der Waals surface area contributed by atoms with Gasteiger partial charge in [0.25, 0.3) is 0 Å². The van der Waals surface area contributed by atoms with Crippen LogP contribution in [0.15, 0.2) is 23.4 Å². The van der Waals surface area contributed by atoms with Gasteiger partial charge in [0.1, 0.15) is 4.88 Å². The van der Waals surface area contributed by atoms with Gasteiger partial charge in [0, 0.05) is 24.2 Å². The van der Waals surface area contributed by atoms with Crippen molar-refractivity contribution in [2.75, 3.05) is 20.2 Å². The van der Waals surface area contributed by atoms with Gasteiger partial charge in [-0.05, 0) is 38.3 Å². The third kappa shape index (κ3) is 3.49. The highest BCUT2D eigenvalue weighted by molar-refractivity contribution is 7.89. The molecule has 25 heavy (non-hydrogen) atoms. The summed E-state index contributed by atoms with van der Waals surface area (Å²) in [5.41, 5.74) is 1.10. The number of aryl methyl sites for hydroxylation is 2. The van der Waals surface area contributed by atoms with E-state index < -0.39 is 16.0 Å². The molecule has 9 heteroatoms. The molecule has 1 aliphatic rings. The van der Waals surface area contributed by atoms with E-state index in [1.807, 2.05) is 24.0 Å². The molecule has 0 unspecified atom stereocenters. The van der Waals surface area contributed by atoms with Gasteiger partial charge in [-0.2, -0.15) is 9.40 Å². The summed E-state index contributed by atoms with van der Waals surface area (Å²) in [6.45, 7) is 4.58. The van der Waals surface area contributed by atoms with E-state index in [9.17, 15) is 13.2 Å². The Morgan fingerprint density at radius 2 is 2.00 bits per heavy atom. The number of aromatic nitrogens is 2. The monoisotopic (exact) mass is 383 g/mol. The maximum atomic E-state index is 12.9. The summed E-state index contributed by atoms with van der Waals surface area (Å²) in [5, 5.41) is 4.33. The van der Waals surface area contributed by atoms with E-state index in [0.717, 1.165) is 16.9 Å². The van der Waals surface area contributed by atoms with Crippen molar-refractivity contribution >= 4 is 27.3 Å². The lowest BCUT2D eigenvalue weighted by molar-refractivity contribution is 0.0606. The zero-order chi connectivity index (χ0) is 18.2. The summed E-state index contributed by atoms with van der Waals surface area (Å²) in [6.07, 6.45) is 5.23. The van der Waals surface area contributed by atoms with Crippen molar-refractivity contribution in [3.05, 3.63) is 33.8 Å². The Bertz CT molecular complexity index is 877. The number of hydrogen-bond acceptors (Lipinski definition) is 6. The summed E-state index contributed by atoms with van der Waals surface area (Å²) in [6, 6.07) is 1.64. The maximum absolute atomic E-state index is 12.9. The van der Waals surface area contributed by atoms with Crippen LogP contribution in [0, 0.1) is 13.8 Å². The van der Waals surface area contributed by atoms with Gasteiger partial charge < -0.3 is 4.74 Å². The Balaban J connectivity index is 1.76. The molecular formula is C16H21N3O4S2. The first-order chi connectivity index (χ1) is 11.8. The van der Waals surface area contributed by atoms with Gasteiger partial charge in [0.2, 0.25) is 10.0 Å². The van der Waals surface area contributed by atoms with E-state index in [1.54, 1.807) is 6.92 Å².